The van der Waals surface area contributed by atoms with Crippen LogP contribution in [0, 0.1) is 0 Å². The van der Waals surface area contributed by atoms with Gasteiger partial charge in [-0.3, -0.25) is 4.79 Å². The third-order valence-corrected chi connectivity index (χ3v) is 5.10. The second-order valence-corrected chi connectivity index (χ2v) is 6.62. The van der Waals surface area contributed by atoms with Crippen LogP contribution in [0.25, 0.3) is 20.8 Å². The smallest absolute Gasteiger partial charge is 0.193 e. The molecule has 0 fully saturated rings. The SMILES string of the molecule is COc1ccc(-c2nc3ccccc3s2)c(C(=O)c2ccccc2)c1. The van der Waals surface area contributed by atoms with E-state index in [0.29, 0.717) is 16.9 Å². The number of fused-ring (bicyclic) bond motifs is 1. The van der Waals surface area contributed by atoms with Crippen molar-refractivity contribution in [3.8, 4) is 16.3 Å². The molecule has 0 N–H and O–H groups in total. The fourth-order valence-corrected chi connectivity index (χ4v) is 3.76. The van der Waals surface area contributed by atoms with Gasteiger partial charge in [0.05, 0.1) is 17.3 Å². The molecule has 0 bridgehead atoms. The standard InChI is InChI=1S/C21H15NO2S/c1-24-15-11-12-16(21-22-18-9-5-6-10-19(18)25-21)17(13-15)20(23)14-7-3-2-4-8-14/h2-13H,1H3. The molecule has 0 atom stereocenters. The quantitative estimate of drug-likeness (QED) is 0.477. The number of nitrogens with zero attached hydrogens (tertiary/aromatic N) is 1. The molecule has 122 valence electrons. The lowest BCUT2D eigenvalue weighted by Crippen LogP contribution is -2.04. The van der Waals surface area contributed by atoms with Crippen molar-refractivity contribution in [1.29, 1.82) is 0 Å². The van der Waals surface area contributed by atoms with Crippen molar-refractivity contribution >= 4 is 27.3 Å². The maximum atomic E-state index is 13.0. The van der Waals surface area contributed by atoms with Crippen LogP contribution in [0.1, 0.15) is 15.9 Å². The minimum absolute atomic E-state index is 0.0336. The van der Waals surface area contributed by atoms with Gasteiger partial charge in [0.2, 0.25) is 0 Å². The summed E-state index contributed by atoms with van der Waals surface area (Å²) in [7, 11) is 1.60. The monoisotopic (exact) mass is 345 g/mol. The second-order valence-electron chi connectivity index (χ2n) is 5.59. The van der Waals surface area contributed by atoms with Crippen molar-refractivity contribution in [2.24, 2.45) is 0 Å². The molecule has 3 aromatic carbocycles. The van der Waals surface area contributed by atoms with Gasteiger partial charge in [0.1, 0.15) is 10.8 Å². The lowest BCUT2D eigenvalue weighted by molar-refractivity contribution is 0.103. The number of para-hydroxylation sites is 1. The molecular formula is C21H15NO2S. The van der Waals surface area contributed by atoms with E-state index in [-0.39, 0.29) is 5.78 Å². The maximum Gasteiger partial charge on any atom is 0.193 e. The normalized spacial score (nSPS) is 10.8. The third-order valence-electron chi connectivity index (χ3n) is 4.03. The Balaban J connectivity index is 1.89. The molecule has 0 spiro atoms. The molecule has 0 unspecified atom stereocenters. The van der Waals surface area contributed by atoms with Crippen molar-refractivity contribution in [2.45, 2.75) is 0 Å². The highest BCUT2D eigenvalue weighted by Gasteiger charge is 2.18. The van der Waals surface area contributed by atoms with E-state index in [1.54, 1.807) is 24.5 Å². The zero-order valence-corrected chi connectivity index (χ0v) is 14.4. The molecule has 3 nitrogen and oxygen atoms in total. The molecular weight excluding hydrogens is 330 g/mol. The molecule has 0 radical (unpaired) electrons. The van der Waals surface area contributed by atoms with Crippen LogP contribution in [0.15, 0.2) is 72.8 Å². The fourth-order valence-electron chi connectivity index (χ4n) is 2.76. The van der Waals surface area contributed by atoms with Crippen molar-refractivity contribution in [3.63, 3.8) is 0 Å². The molecule has 0 aliphatic rings. The van der Waals surface area contributed by atoms with Crippen LogP contribution in [0.5, 0.6) is 5.75 Å². The van der Waals surface area contributed by atoms with Crippen molar-refractivity contribution in [2.75, 3.05) is 7.11 Å². The largest absolute Gasteiger partial charge is 0.497 e. The zero-order valence-electron chi connectivity index (χ0n) is 13.6. The highest BCUT2D eigenvalue weighted by atomic mass is 32.1. The highest BCUT2D eigenvalue weighted by Crippen LogP contribution is 2.34. The molecule has 1 heterocycles. The summed E-state index contributed by atoms with van der Waals surface area (Å²) in [6.07, 6.45) is 0. The summed E-state index contributed by atoms with van der Waals surface area (Å²) in [5.41, 5.74) is 3.02. The van der Waals surface area contributed by atoms with Gasteiger partial charge in [0.15, 0.2) is 5.78 Å². The number of aromatic nitrogens is 1. The van der Waals surface area contributed by atoms with E-state index in [9.17, 15) is 4.79 Å². The van der Waals surface area contributed by atoms with Crippen LogP contribution in [0.4, 0.5) is 0 Å². The van der Waals surface area contributed by atoms with E-state index in [1.807, 2.05) is 66.7 Å². The maximum absolute atomic E-state index is 13.0. The average Bonchev–Trinajstić information content (AvgIpc) is 3.11. The van der Waals surface area contributed by atoms with Crippen LogP contribution in [0.3, 0.4) is 0 Å². The van der Waals surface area contributed by atoms with E-state index in [4.69, 9.17) is 9.72 Å². The van der Waals surface area contributed by atoms with Crippen LogP contribution >= 0.6 is 11.3 Å². The Morgan fingerprint density at radius 3 is 2.48 bits per heavy atom. The Morgan fingerprint density at radius 1 is 0.960 bits per heavy atom. The molecule has 1 aromatic heterocycles. The average molecular weight is 345 g/mol. The first kappa shape index (κ1) is 15.5. The molecule has 0 saturated heterocycles. The Hall–Kier alpha value is -2.98. The van der Waals surface area contributed by atoms with Crippen molar-refractivity contribution in [3.05, 3.63) is 83.9 Å². The predicted molar refractivity (Wildman–Crippen MR) is 101 cm³/mol. The van der Waals surface area contributed by atoms with Crippen LogP contribution in [-0.2, 0) is 0 Å². The first-order valence-corrected chi connectivity index (χ1v) is 8.71. The summed E-state index contributed by atoms with van der Waals surface area (Å²) >= 11 is 1.59. The van der Waals surface area contributed by atoms with Gasteiger partial charge >= 0.3 is 0 Å². The summed E-state index contributed by atoms with van der Waals surface area (Å²) in [5.74, 6) is 0.623. The Morgan fingerprint density at radius 2 is 1.72 bits per heavy atom. The van der Waals surface area contributed by atoms with E-state index in [1.165, 1.54) is 0 Å². The number of thiazole rings is 1. The number of ketones is 1. The summed E-state index contributed by atoms with van der Waals surface area (Å²) in [5, 5.41) is 0.836. The van der Waals surface area contributed by atoms with Crippen LogP contribution in [-0.4, -0.2) is 17.9 Å². The molecule has 0 amide bonds. The number of hydrogen-bond acceptors (Lipinski definition) is 4. The number of methoxy groups -OCH3 is 1. The van der Waals surface area contributed by atoms with Crippen molar-refractivity contribution < 1.29 is 9.53 Å². The summed E-state index contributed by atoms with van der Waals surface area (Å²) in [4.78, 5) is 17.7. The van der Waals surface area contributed by atoms with Gasteiger partial charge in [0, 0.05) is 16.7 Å². The zero-order chi connectivity index (χ0) is 17.2. The third kappa shape index (κ3) is 2.92. The molecule has 4 aromatic rings. The summed E-state index contributed by atoms with van der Waals surface area (Å²) in [6.45, 7) is 0. The predicted octanol–water partition coefficient (Wildman–Crippen LogP) is 5.20. The van der Waals surface area contributed by atoms with Gasteiger partial charge in [-0.15, -0.1) is 11.3 Å². The van der Waals surface area contributed by atoms with Gasteiger partial charge in [-0.2, -0.15) is 0 Å². The van der Waals surface area contributed by atoms with E-state index in [0.717, 1.165) is 20.8 Å². The lowest BCUT2D eigenvalue weighted by Gasteiger charge is -2.09. The highest BCUT2D eigenvalue weighted by molar-refractivity contribution is 7.21. The number of hydrogen-bond donors (Lipinski definition) is 0. The number of carbonyl (C=O) groups is 1. The number of benzene rings is 3. The molecule has 0 aliphatic heterocycles. The van der Waals surface area contributed by atoms with Crippen molar-refractivity contribution in [1.82, 2.24) is 4.98 Å². The fraction of sp³-hybridized carbons (Fsp3) is 0.0476. The van der Waals surface area contributed by atoms with Crippen LogP contribution < -0.4 is 4.74 Å². The Bertz CT molecular complexity index is 1020. The first-order valence-electron chi connectivity index (χ1n) is 7.90. The first-order chi connectivity index (χ1) is 12.3. The summed E-state index contributed by atoms with van der Waals surface area (Å²) in [6, 6.07) is 22.8. The Labute approximate surface area is 149 Å². The summed E-state index contributed by atoms with van der Waals surface area (Å²) < 4.78 is 6.42. The van der Waals surface area contributed by atoms with Gasteiger partial charge in [-0.05, 0) is 30.3 Å². The lowest BCUT2D eigenvalue weighted by atomic mass is 9.98. The molecule has 0 aliphatic carbocycles. The van der Waals surface area contributed by atoms with Gasteiger partial charge in [0.25, 0.3) is 0 Å². The van der Waals surface area contributed by atoms with E-state index in [2.05, 4.69) is 0 Å². The number of rotatable bonds is 4. The topological polar surface area (TPSA) is 39.2 Å². The van der Waals surface area contributed by atoms with Gasteiger partial charge in [-0.25, -0.2) is 4.98 Å². The number of carbonyl (C=O) groups excluding carboxylic acids is 1. The minimum Gasteiger partial charge on any atom is -0.497 e. The number of ether oxygens (including phenoxy) is 1. The van der Waals surface area contributed by atoms with E-state index < -0.39 is 0 Å². The molecule has 0 saturated carbocycles. The van der Waals surface area contributed by atoms with Gasteiger partial charge in [-0.1, -0.05) is 42.5 Å². The van der Waals surface area contributed by atoms with Crippen LogP contribution in [0.2, 0.25) is 0 Å². The molecule has 25 heavy (non-hydrogen) atoms. The second kappa shape index (κ2) is 6.49. The minimum atomic E-state index is -0.0336. The molecule has 4 heteroatoms. The molecule has 4 rings (SSSR count). The van der Waals surface area contributed by atoms with E-state index >= 15 is 0 Å². The Kier molecular flexibility index (Phi) is 4.04. The van der Waals surface area contributed by atoms with Gasteiger partial charge < -0.3 is 4.74 Å².